The van der Waals surface area contributed by atoms with Crippen LogP contribution in [-0.4, -0.2) is 40.7 Å². The van der Waals surface area contributed by atoms with E-state index in [9.17, 15) is 4.79 Å². The van der Waals surface area contributed by atoms with Gasteiger partial charge in [-0.25, -0.2) is 0 Å². The molecule has 1 aliphatic heterocycles. The molecule has 1 unspecified atom stereocenters. The summed E-state index contributed by atoms with van der Waals surface area (Å²) in [6.45, 7) is 8.01. The fraction of sp³-hybridized carbons (Fsp3) is 0.450. The SMILES string of the molecule is CC(C)(C)C(=O)N1CCC(COc2ccc(-c3ccccc3)nn2)C1. The Morgan fingerprint density at radius 1 is 1.16 bits per heavy atom. The smallest absolute Gasteiger partial charge is 0.233 e. The molecule has 1 aliphatic rings. The molecule has 0 bridgehead atoms. The van der Waals surface area contributed by atoms with Crippen LogP contribution in [0.5, 0.6) is 5.88 Å². The first-order valence-corrected chi connectivity index (χ1v) is 8.75. The lowest BCUT2D eigenvalue weighted by Gasteiger charge is -2.25. The van der Waals surface area contributed by atoms with Gasteiger partial charge in [-0.3, -0.25) is 4.79 Å². The van der Waals surface area contributed by atoms with Crippen LogP contribution in [0.1, 0.15) is 27.2 Å². The van der Waals surface area contributed by atoms with Gasteiger partial charge in [0.2, 0.25) is 11.8 Å². The van der Waals surface area contributed by atoms with Crippen molar-refractivity contribution in [1.82, 2.24) is 15.1 Å². The second-order valence-corrected chi connectivity index (χ2v) is 7.59. The number of hydrogen-bond donors (Lipinski definition) is 0. The van der Waals surface area contributed by atoms with Crippen molar-refractivity contribution < 1.29 is 9.53 Å². The van der Waals surface area contributed by atoms with Gasteiger partial charge < -0.3 is 9.64 Å². The van der Waals surface area contributed by atoms with E-state index in [0.29, 0.717) is 18.4 Å². The molecule has 0 radical (unpaired) electrons. The second-order valence-electron chi connectivity index (χ2n) is 7.59. The number of hydrogen-bond acceptors (Lipinski definition) is 4. The van der Waals surface area contributed by atoms with Crippen LogP contribution in [0.4, 0.5) is 0 Å². The Labute approximate surface area is 149 Å². The van der Waals surface area contributed by atoms with Gasteiger partial charge in [0.25, 0.3) is 0 Å². The predicted molar refractivity (Wildman–Crippen MR) is 97.1 cm³/mol. The Morgan fingerprint density at radius 3 is 2.56 bits per heavy atom. The molecule has 1 fully saturated rings. The van der Waals surface area contributed by atoms with Crippen LogP contribution < -0.4 is 4.74 Å². The molecule has 1 aromatic carbocycles. The molecular weight excluding hydrogens is 314 g/mol. The molecule has 2 heterocycles. The number of ether oxygens (including phenoxy) is 1. The normalized spacial score (nSPS) is 17.6. The van der Waals surface area contributed by atoms with Gasteiger partial charge in [0.15, 0.2) is 0 Å². The fourth-order valence-corrected chi connectivity index (χ4v) is 2.99. The molecule has 1 amide bonds. The standard InChI is InChI=1S/C20H25N3O2/c1-20(2,3)19(24)23-12-11-15(13-23)14-25-18-10-9-17(21-22-18)16-7-5-4-6-8-16/h4-10,15H,11-14H2,1-3H3. The second kappa shape index (κ2) is 7.21. The summed E-state index contributed by atoms with van der Waals surface area (Å²) in [6.07, 6.45) is 0.970. The van der Waals surface area contributed by atoms with Crippen molar-refractivity contribution in [2.75, 3.05) is 19.7 Å². The van der Waals surface area contributed by atoms with Gasteiger partial charge in [-0.2, -0.15) is 0 Å². The lowest BCUT2D eigenvalue weighted by atomic mass is 9.95. The van der Waals surface area contributed by atoms with Crippen molar-refractivity contribution in [3.8, 4) is 17.1 Å². The van der Waals surface area contributed by atoms with Crippen LogP contribution in [0, 0.1) is 11.3 Å². The molecule has 0 saturated carbocycles. The Morgan fingerprint density at radius 2 is 1.92 bits per heavy atom. The molecule has 0 spiro atoms. The van der Waals surface area contributed by atoms with E-state index in [1.807, 2.05) is 68.1 Å². The molecule has 5 nitrogen and oxygen atoms in total. The highest BCUT2D eigenvalue weighted by Crippen LogP contribution is 2.24. The number of aromatic nitrogens is 2. The molecule has 2 aromatic rings. The van der Waals surface area contributed by atoms with E-state index in [-0.39, 0.29) is 11.3 Å². The number of carbonyl (C=O) groups is 1. The highest BCUT2D eigenvalue weighted by atomic mass is 16.5. The molecule has 25 heavy (non-hydrogen) atoms. The van der Waals surface area contributed by atoms with Crippen molar-refractivity contribution in [2.24, 2.45) is 11.3 Å². The molecule has 1 aromatic heterocycles. The lowest BCUT2D eigenvalue weighted by Crippen LogP contribution is -2.38. The van der Waals surface area contributed by atoms with Crippen LogP contribution in [0.15, 0.2) is 42.5 Å². The molecule has 1 saturated heterocycles. The van der Waals surface area contributed by atoms with E-state index in [4.69, 9.17) is 4.74 Å². The van der Waals surface area contributed by atoms with Crippen LogP contribution in [-0.2, 0) is 4.79 Å². The first kappa shape index (κ1) is 17.4. The summed E-state index contributed by atoms with van der Waals surface area (Å²) >= 11 is 0. The van der Waals surface area contributed by atoms with E-state index >= 15 is 0 Å². The summed E-state index contributed by atoms with van der Waals surface area (Å²) in [7, 11) is 0. The maximum absolute atomic E-state index is 12.3. The Bertz CT molecular complexity index is 708. The molecule has 132 valence electrons. The van der Waals surface area contributed by atoms with Crippen molar-refractivity contribution in [2.45, 2.75) is 27.2 Å². The van der Waals surface area contributed by atoms with Crippen molar-refractivity contribution in [3.63, 3.8) is 0 Å². The first-order chi connectivity index (χ1) is 11.9. The number of likely N-dealkylation sites (tertiary alicyclic amines) is 1. The summed E-state index contributed by atoms with van der Waals surface area (Å²) in [5.41, 5.74) is 1.54. The zero-order valence-electron chi connectivity index (χ0n) is 15.1. The molecular formula is C20H25N3O2. The van der Waals surface area contributed by atoms with Gasteiger partial charge in [0, 0.05) is 36.1 Å². The molecule has 0 N–H and O–H groups in total. The van der Waals surface area contributed by atoms with E-state index in [0.717, 1.165) is 30.8 Å². The van der Waals surface area contributed by atoms with Gasteiger partial charge in [-0.05, 0) is 12.5 Å². The summed E-state index contributed by atoms with van der Waals surface area (Å²) in [4.78, 5) is 14.3. The lowest BCUT2D eigenvalue weighted by molar-refractivity contribution is -0.138. The van der Waals surface area contributed by atoms with Crippen LogP contribution >= 0.6 is 0 Å². The van der Waals surface area contributed by atoms with E-state index in [1.54, 1.807) is 0 Å². The third kappa shape index (κ3) is 4.35. The largest absolute Gasteiger partial charge is 0.476 e. The minimum Gasteiger partial charge on any atom is -0.476 e. The minimum absolute atomic E-state index is 0.210. The summed E-state index contributed by atoms with van der Waals surface area (Å²) in [6, 6.07) is 13.7. The van der Waals surface area contributed by atoms with Gasteiger partial charge in [-0.1, -0.05) is 51.1 Å². The van der Waals surface area contributed by atoms with Crippen molar-refractivity contribution in [3.05, 3.63) is 42.5 Å². The number of nitrogens with zero attached hydrogens (tertiary/aromatic N) is 3. The van der Waals surface area contributed by atoms with E-state index in [2.05, 4.69) is 10.2 Å². The Balaban J connectivity index is 1.52. The van der Waals surface area contributed by atoms with E-state index in [1.165, 1.54) is 0 Å². The van der Waals surface area contributed by atoms with Crippen molar-refractivity contribution >= 4 is 5.91 Å². The number of benzene rings is 1. The topological polar surface area (TPSA) is 55.3 Å². The van der Waals surface area contributed by atoms with E-state index < -0.39 is 0 Å². The fourth-order valence-electron chi connectivity index (χ4n) is 2.99. The molecule has 3 rings (SSSR count). The van der Waals surface area contributed by atoms with Gasteiger partial charge in [-0.15, -0.1) is 10.2 Å². The highest BCUT2D eigenvalue weighted by Gasteiger charge is 2.32. The van der Waals surface area contributed by atoms with Crippen LogP contribution in [0.2, 0.25) is 0 Å². The third-order valence-electron chi connectivity index (χ3n) is 4.39. The van der Waals surface area contributed by atoms with Gasteiger partial charge >= 0.3 is 0 Å². The predicted octanol–water partition coefficient (Wildman–Crippen LogP) is 3.42. The highest BCUT2D eigenvalue weighted by molar-refractivity contribution is 5.81. The first-order valence-electron chi connectivity index (χ1n) is 8.75. The monoisotopic (exact) mass is 339 g/mol. The minimum atomic E-state index is -0.325. The summed E-state index contributed by atoms with van der Waals surface area (Å²) in [5, 5.41) is 8.39. The third-order valence-corrected chi connectivity index (χ3v) is 4.39. The summed E-state index contributed by atoms with van der Waals surface area (Å²) < 4.78 is 5.78. The van der Waals surface area contributed by atoms with Gasteiger partial charge in [0.05, 0.1) is 12.3 Å². The number of rotatable bonds is 4. The molecule has 1 atom stereocenters. The zero-order chi connectivity index (χ0) is 17.9. The Hall–Kier alpha value is -2.43. The molecule has 5 heteroatoms. The number of amides is 1. The maximum Gasteiger partial charge on any atom is 0.233 e. The van der Waals surface area contributed by atoms with Crippen LogP contribution in [0.3, 0.4) is 0 Å². The van der Waals surface area contributed by atoms with Gasteiger partial charge in [0.1, 0.15) is 0 Å². The summed E-state index contributed by atoms with van der Waals surface area (Å²) in [5.74, 6) is 1.09. The molecule has 0 aliphatic carbocycles. The maximum atomic E-state index is 12.3. The van der Waals surface area contributed by atoms with Crippen molar-refractivity contribution in [1.29, 1.82) is 0 Å². The Kier molecular flexibility index (Phi) is 5.02. The average Bonchev–Trinajstić information content (AvgIpc) is 3.08. The zero-order valence-corrected chi connectivity index (χ0v) is 15.1. The average molecular weight is 339 g/mol. The quantitative estimate of drug-likeness (QED) is 0.856. The number of carbonyl (C=O) groups excluding carboxylic acids is 1. The van der Waals surface area contributed by atoms with Crippen LogP contribution in [0.25, 0.3) is 11.3 Å².